The molecule has 0 amide bonds. The Morgan fingerprint density at radius 1 is 1.13 bits per heavy atom. The first-order chi connectivity index (χ1) is 18.2. The van der Waals surface area contributed by atoms with Gasteiger partial charge in [0.15, 0.2) is 4.91 Å². The van der Waals surface area contributed by atoms with Gasteiger partial charge in [-0.25, -0.2) is 13.6 Å². The second kappa shape index (κ2) is 10.6. The minimum Gasteiger partial charge on any atom is -0.496 e. The molecule has 0 saturated heterocycles. The second-order valence-electron chi connectivity index (χ2n) is 9.93. The van der Waals surface area contributed by atoms with Crippen molar-refractivity contribution in [2.45, 2.75) is 38.6 Å². The lowest BCUT2D eigenvalue weighted by molar-refractivity contribution is -0.570. The highest BCUT2D eigenvalue weighted by molar-refractivity contribution is 7.93. The number of para-hydroxylation sites is 1. The number of primary sulfonamides is 1. The van der Waals surface area contributed by atoms with Crippen LogP contribution in [-0.4, -0.2) is 25.4 Å². The molecule has 0 radical (unpaired) electrons. The number of sulfonamides is 1. The number of allylic oxidation sites excluding steroid dienone is 6. The number of hydrogen-bond acceptors (Lipinski definition) is 9. The molecule has 13 heteroatoms. The fraction of sp³-hybridized carbons (Fsp3) is 0.308. The van der Waals surface area contributed by atoms with E-state index < -0.39 is 42.4 Å². The van der Waals surface area contributed by atoms with E-state index in [4.69, 9.17) is 9.88 Å². The number of hydrogen-bond donors (Lipinski definition) is 1. The second-order valence-corrected chi connectivity index (χ2v) is 11.5. The van der Waals surface area contributed by atoms with Crippen molar-refractivity contribution >= 4 is 16.1 Å². The molecule has 0 bridgehead atoms. The zero-order valence-corrected chi connectivity index (χ0v) is 22.2. The summed E-state index contributed by atoms with van der Waals surface area (Å²) in [6.07, 6.45) is 7.24. The maximum Gasteiger partial charge on any atom is 0.279 e. The van der Waals surface area contributed by atoms with Crippen molar-refractivity contribution in [2.75, 3.05) is 7.11 Å². The van der Waals surface area contributed by atoms with Crippen LogP contribution >= 0.6 is 0 Å². The molecule has 0 aromatic heterocycles. The Labute approximate surface area is 225 Å². The molecular weight excluding hydrogens is 526 g/mol. The summed E-state index contributed by atoms with van der Waals surface area (Å²) in [5, 5.41) is 47.8. The Morgan fingerprint density at radius 3 is 2.33 bits per heavy atom. The molecule has 0 aliphatic heterocycles. The summed E-state index contributed by atoms with van der Waals surface area (Å²) in [6, 6.07) is 8.38. The number of methoxy groups -OCH3 is 1. The third kappa shape index (κ3) is 5.80. The molecule has 0 heterocycles. The van der Waals surface area contributed by atoms with Crippen molar-refractivity contribution in [3.8, 4) is 17.9 Å². The van der Waals surface area contributed by atoms with E-state index in [1.54, 1.807) is 24.3 Å². The number of rotatable bonds is 7. The topological polar surface area (TPSA) is 203 Å². The van der Waals surface area contributed by atoms with Crippen LogP contribution in [0.4, 0.5) is 0 Å². The molecule has 1 aromatic rings. The van der Waals surface area contributed by atoms with Crippen LogP contribution in [0.3, 0.4) is 0 Å². The maximum atomic E-state index is 12.4. The minimum absolute atomic E-state index is 0.0176. The van der Waals surface area contributed by atoms with Crippen LogP contribution in [0.15, 0.2) is 69.8 Å². The van der Waals surface area contributed by atoms with Crippen LogP contribution in [0.5, 0.6) is 5.75 Å². The summed E-state index contributed by atoms with van der Waals surface area (Å²) >= 11 is 0. The predicted molar refractivity (Wildman–Crippen MR) is 141 cm³/mol. The summed E-state index contributed by atoms with van der Waals surface area (Å²) < 4.78 is 29.3. The van der Waals surface area contributed by atoms with Crippen molar-refractivity contribution in [1.82, 2.24) is 0 Å². The summed E-state index contributed by atoms with van der Waals surface area (Å²) in [4.78, 5) is 21.6. The number of ether oxygens (including phenoxy) is 1. The standard InChI is InChI=1S/C26H25N5O7S/c1-25(2)12-17(11-19(13-25)20(15-27)16-28)7-8-18-5-4-6-21(24(18)38-3)26(31(34)35)10-9-23(39(29,36)37)22(14-26)30(32)33/h4-11H,12-14H2,1-3H3,(H2,29,36,37). The van der Waals surface area contributed by atoms with Crippen LogP contribution in [0.1, 0.15) is 44.2 Å². The molecule has 0 spiro atoms. The van der Waals surface area contributed by atoms with Crippen molar-refractivity contribution in [3.05, 3.63) is 101 Å². The Bertz CT molecular complexity index is 1590. The molecule has 0 fully saturated rings. The molecule has 1 atom stereocenters. The summed E-state index contributed by atoms with van der Waals surface area (Å²) in [5.41, 5.74) is -1.49. The van der Waals surface area contributed by atoms with Gasteiger partial charge >= 0.3 is 0 Å². The van der Waals surface area contributed by atoms with Gasteiger partial charge in [-0.05, 0) is 47.6 Å². The first-order valence-corrected chi connectivity index (χ1v) is 13.1. The van der Waals surface area contributed by atoms with Gasteiger partial charge in [-0.15, -0.1) is 0 Å². The monoisotopic (exact) mass is 551 g/mol. The molecule has 39 heavy (non-hydrogen) atoms. The SMILES string of the molecule is COc1c(C=CC2=CC(=C(C#N)C#N)CC(C)(C)C2)cccc1C1([N+](=O)[O-])C=CC(S(N)(=O)=O)=C([N+](=O)[O-])C1. The van der Waals surface area contributed by atoms with Gasteiger partial charge in [0.1, 0.15) is 29.9 Å². The molecule has 202 valence electrons. The van der Waals surface area contributed by atoms with E-state index in [0.717, 1.165) is 17.7 Å². The van der Waals surface area contributed by atoms with Gasteiger partial charge in [0.2, 0.25) is 10.0 Å². The first-order valence-electron chi connectivity index (χ1n) is 11.5. The molecule has 1 unspecified atom stereocenters. The van der Waals surface area contributed by atoms with Crippen LogP contribution in [-0.2, 0) is 15.6 Å². The van der Waals surface area contributed by atoms with Crippen LogP contribution < -0.4 is 9.88 Å². The number of nitrogens with zero attached hydrogens (tertiary/aromatic N) is 4. The largest absolute Gasteiger partial charge is 0.496 e. The van der Waals surface area contributed by atoms with Crippen LogP contribution in [0.2, 0.25) is 0 Å². The quantitative estimate of drug-likeness (QED) is 0.295. The Kier molecular flexibility index (Phi) is 7.91. The molecule has 0 saturated carbocycles. The zero-order chi connectivity index (χ0) is 29.2. The maximum absolute atomic E-state index is 12.4. The lowest BCUT2D eigenvalue weighted by Gasteiger charge is -2.30. The van der Waals surface area contributed by atoms with Gasteiger partial charge < -0.3 is 4.74 Å². The zero-order valence-electron chi connectivity index (χ0n) is 21.4. The Hall–Kier alpha value is -4.59. The highest BCUT2D eigenvalue weighted by Gasteiger charge is 2.52. The van der Waals surface area contributed by atoms with Crippen LogP contribution in [0, 0.1) is 48.3 Å². The highest BCUT2D eigenvalue weighted by Crippen LogP contribution is 2.45. The fourth-order valence-electron chi connectivity index (χ4n) is 4.88. The van der Waals surface area contributed by atoms with Gasteiger partial charge in [0, 0.05) is 10.5 Å². The van der Waals surface area contributed by atoms with Crippen molar-refractivity contribution in [2.24, 2.45) is 10.6 Å². The van der Waals surface area contributed by atoms with Crippen LogP contribution in [0.25, 0.3) is 6.08 Å². The van der Waals surface area contributed by atoms with Gasteiger partial charge in [0.05, 0.1) is 17.6 Å². The van der Waals surface area contributed by atoms with Crippen molar-refractivity contribution in [1.29, 1.82) is 10.5 Å². The summed E-state index contributed by atoms with van der Waals surface area (Å²) in [5.74, 6) is 0.0676. The first kappa shape index (κ1) is 29.0. The molecule has 2 aliphatic rings. The fourth-order valence-corrected chi connectivity index (χ4v) is 5.61. The van der Waals surface area contributed by atoms with Gasteiger partial charge in [-0.2, -0.15) is 10.5 Å². The van der Waals surface area contributed by atoms with Crippen molar-refractivity contribution < 1.29 is 23.0 Å². The van der Waals surface area contributed by atoms with E-state index in [-0.39, 0.29) is 22.3 Å². The molecular formula is C26H25N5O7S. The minimum atomic E-state index is -4.51. The normalized spacial score (nSPS) is 20.7. The third-order valence-electron chi connectivity index (χ3n) is 6.53. The van der Waals surface area contributed by atoms with E-state index in [9.17, 15) is 39.2 Å². The smallest absolute Gasteiger partial charge is 0.279 e. The lowest BCUT2D eigenvalue weighted by Crippen LogP contribution is -2.38. The van der Waals surface area contributed by atoms with E-state index in [1.807, 2.05) is 26.0 Å². The van der Waals surface area contributed by atoms with Gasteiger partial charge in [-0.3, -0.25) is 20.2 Å². The van der Waals surface area contributed by atoms with E-state index in [2.05, 4.69) is 0 Å². The number of benzene rings is 1. The lowest BCUT2D eigenvalue weighted by atomic mass is 9.74. The van der Waals surface area contributed by atoms with Crippen molar-refractivity contribution in [3.63, 3.8) is 0 Å². The predicted octanol–water partition coefficient (Wildman–Crippen LogP) is 4.01. The van der Waals surface area contributed by atoms with E-state index in [1.165, 1.54) is 19.2 Å². The van der Waals surface area contributed by atoms with Gasteiger partial charge in [0.25, 0.3) is 11.2 Å². The molecule has 1 aromatic carbocycles. The molecule has 3 rings (SSSR count). The number of nitro groups is 2. The van der Waals surface area contributed by atoms with E-state index >= 15 is 0 Å². The molecule has 12 nitrogen and oxygen atoms in total. The third-order valence-corrected chi connectivity index (χ3v) is 7.52. The molecule has 2 aliphatic carbocycles. The molecule has 2 N–H and O–H groups in total. The summed E-state index contributed by atoms with van der Waals surface area (Å²) in [6.45, 7) is 4.02. The Balaban J connectivity index is 2.16. The summed E-state index contributed by atoms with van der Waals surface area (Å²) in [7, 11) is -3.21. The Morgan fingerprint density at radius 2 is 1.79 bits per heavy atom. The average Bonchev–Trinajstić information content (AvgIpc) is 2.85. The highest BCUT2D eigenvalue weighted by atomic mass is 32.2. The number of nitriles is 2. The van der Waals surface area contributed by atoms with Gasteiger partial charge in [-0.1, -0.05) is 44.2 Å². The number of nitrogens with two attached hydrogens (primary N) is 1. The van der Waals surface area contributed by atoms with E-state index in [0.29, 0.717) is 24.0 Å². The average molecular weight is 552 g/mol.